The monoisotopic (exact) mass is 283 g/mol. The zero-order chi connectivity index (χ0) is 14.9. The molecular formula is C19H25NO. The third kappa shape index (κ3) is 4.61. The number of para-hydroxylation sites is 1. The normalized spacial score (nSPS) is 12.1. The smallest absolute Gasteiger partial charge is 0.122 e. The lowest BCUT2D eigenvalue weighted by atomic mass is 9.91. The summed E-state index contributed by atoms with van der Waals surface area (Å²) < 4.78 is 5.88. The van der Waals surface area contributed by atoms with Gasteiger partial charge < -0.3 is 10.1 Å². The van der Waals surface area contributed by atoms with Crippen LogP contribution in [0.3, 0.4) is 0 Å². The Balaban J connectivity index is 2.17. The molecule has 2 aromatic rings. The van der Waals surface area contributed by atoms with Crippen LogP contribution >= 0.6 is 0 Å². The van der Waals surface area contributed by atoms with E-state index in [2.05, 4.69) is 60.8 Å². The van der Waals surface area contributed by atoms with E-state index in [-0.39, 0.29) is 0 Å². The predicted molar refractivity (Wildman–Crippen MR) is 89.0 cm³/mol. The van der Waals surface area contributed by atoms with Crippen molar-refractivity contribution in [1.82, 2.24) is 5.32 Å². The van der Waals surface area contributed by atoms with Crippen molar-refractivity contribution in [3.8, 4) is 5.75 Å². The minimum Gasteiger partial charge on any atom is -0.493 e. The van der Waals surface area contributed by atoms with Crippen molar-refractivity contribution in [2.75, 3.05) is 20.2 Å². The molecule has 21 heavy (non-hydrogen) atoms. The van der Waals surface area contributed by atoms with Gasteiger partial charge in [-0.3, -0.25) is 0 Å². The van der Waals surface area contributed by atoms with Gasteiger partial charge >= 0.3 is 0 Å². The first-order valence-electron chi connectivity index (χ1n) is 7.75. The quantitative estimate of drug-likeness (QED) is 0.790. The molecule has 112 valence electrons. The van der Waals surface area contributed by atoms with E-state index in [1.54, 1.807) is 0 Å². The second-order valence-electron chi connectivity index (χ2n) is 5.33. The number of hydrogen-bond donors (Lipinski definition) is 1. The van der Waals surface area contributed by atoms with Crippen LogP contribution in [0.1, 0.15) is 30.4 Å². The van der Waals surface area contributed by atoms with Crippen LogP contribution in [0.2, 0.25) is 0 Å². The third-order valence-corrected chi connectivity index (χ3v) is 3.62. The topological polar surface area (TPSA) is 21.3 Å². The van der Waals surface area contributed by atoms with E-state index < -0.39 is 0 Å². The number of rotatable bonds is 8. The fourth-order valence-corrected chi connectivity index (χ4v) is 2.57. The maximum absolute atomic E-state index is 5.88. The first-order chi connectivity index (χ1) is 10.3. The van der Waals surface area contributed by atoms with Crippen molar-refractivity contribution < 1.29 is 4.74 Å². The molecule has 0 amide bonds. The van der Waals surface area contributed by atoms with Crippen molar-refractivity contribution in [3.63, 3.8) is 0 Å². The van der Waals surface area contributed by atoms with Crippen LogP contribution in [0.15, 0.2) is 54.6 Å². The SMILES string of the molecule is CCCOc1ccccc1CC(CNC)c1ccccc1. The summed E-state index contributed by atoms with van der Waals surface area (Å²) in [7, 11) is 2.01. The molecule has 2 rings (SSSR count). The molecule has 0 radical (unpaired) electrons. The molecule has 1 N–H and O–H groups in total. The summed E-state index contributed by atoms with van der Waals surface area (Å²) in [5, 5.41) is 3.31. The molecule has 2 heteroatoms. The third-order valence-electron chi connectivity index (χ3n) is 3.62. The van der Waals surface area contributed by atoms with E-state index in [0.29, 0.717) is 5.92 Å². The number of ether oxygens (including phenoxy) is 1. The van der Waals surface area contributed by atoms with Gasteiger partial charge in [0.15, 0.2) is 0 Å². The van der Waals surface area contributed by atoms with Gasteiger partial charge in [0.25, 0.3) is 0 Å². The zero-order valence-electron chi connectivity index (χ0n) is 13.0. The average molecular weight is 283 g/mol. The molecule has 0 aromatic heterocycles. The molecule has 0 bridgehead atoms. The minimum atomic E-state index is 0.461. The molecule has 0 heterocycles. The van der Waals surface area contributed by atoms with Crippen LogP contribution in [0.4, 0.5) is 0 Å². The molecule has 0 spiro atoms. The van der Waals surface area contributed by atoms with Gasteiger partial charge in [-0.15, -0.1) is 0 Å². The van der Waals surface area contributed by atoms with Crippen LogP contribution in [-0.2, 0) is 6.42 Å². The van der Waals surface area contributed by atoms with E-state index >= 15 is 0 Å². The summed E-state index contributed by atoms with van der Waals surface area (Å²) in [5.74, 6) is 1.49. The van der Waals surface area contributed by atoms with Gasteiger partial charge in [-0.2, -0.15) is 0 Å². The highest BCUT2D eigenvalue weighted by Crippen LogP contribution is 2.26. The summed E-state index contributed by atoms with van der Waals surface area (Å²) in [4.78, 5) is 0. The fraction of sp³-hybridized carbons (Fsp3) is 0.368. The highest BCUT2D eigenvalue weighted by atomic mass is 16.5. The fourth-order valence-electron chi connectivity index (χ4n) is 2.57. The van der Waals surface area contributed by atoms with Gasteiger partial charge in [-0.05, 0) is 37.1 Å². The molecule has 2 aromatic carbocycles. The molecular weight excluding hydrogens is 258 g/mol. The minimum absolute atomic E-state index is 0.461. The van der Waals surface area contributed by atoms with Crippen LogP contribution in [0.5, 0.6) is 5.75 Å². The van der Waals surface area contributed by atoms with Gasteiger partial charge in [0.1, 0.15) is 5.75 Å². The number of benzene rings is 2. The Hall–Kier alpha value is -1.80. The number of nitrogens with one attached hydrogen (secondary N) is 1. The van der Waals surface area contributed by atoms with Gasteiger partial charge in [0, 0.05) is 12.5 Å². The molecule has 0 aliphatic rings. The maximum atomic E-state index is 5.88. The van der Waals surface area contributed by atoms with Crippen LogP contribution in [0.25, 0.3) is 0 Å². The second-order valence-corrected chi connectivity index (χ2v) is 5.33. The first-order valence-corrected chi connectivity index (χ1v) is 7.75. The van der Waals surface area contributed by atoms with E-state index in [9.17, 15) is 0 Å². The maximum Gasteiger partial charge on any atom is 0.122 e. The zero-order valence-corrected chi connectivity index (χ0v) is 13.0. The molecule has 0 saturated heterocycles. The van der Waals surface area contributed by atoms with Crippen LogP contribution in [-0.4, -0.2) is 20.2 Å². The largest absolute Gasteiger partial charge is 0.493 e. The molecule has 2 nitrogen and oxygen atoms in total. The van der Waals surface area contributed by atoms with Gasteiger partial charge in [-0.25, -0.2) is 0 Å². The van der Waals surface area contributed by atoms with Crippen molar-refractivity contribution in [3.05, 3.63) is 65.7 Å². The van der Waals surface area contributed by atoms with E-state index in [0.717, 1.165) is 31.7 Å². The highest BCUT2D eigenvalue weighted by Gasteiger charge is 2.14. The Kier molecular flexibility index (Phi) is 6.29. The Bertz CT molecular complexity index is 524. The molecule has 0 aliphatic carbocycles. The molecule has 0 aliphatic heterocycles. The Morgan fingerprint density at radius 3 is 2.43 bits per heavy atom. The molecule has 0 saturated carbocycles. The predicted octanol–water partition coefficient (Wildman–Crippen LogP) is 4.02. The average Bonchev–Trinajstić information content (AvgIpc) is 2.54. The van der Waals surface area contributed by atoms with E-state index in [1.165, 1.54) is 11.1 Å². The van der Waals surface area contributed by atoms with Crippen molar-refractivity contribution >= 4 is 0 Å². The van der Waals surface area contributed by atoms with Gasteiger partial charge in [0.05, 0.1) is 6.61 Å². The molecule has 1 atom stereocenters. The summed E-state index contributed by atoms with van der Waals surface area (Å²) >= 11 is 0. The van der Waals surface area contributed by atoms with Gasteiger partial charge in [-0.1, -0.05) is 55.5 Å². The van der Waals surface area contributed by atoms with E-state index in [4.69, 9.17) is 4.74 Å². The highest BCUT2D eigenvalue weighted by molar-refractivity contribution is 5.35. The number of likely N-dealkylation sites (N-methyl/N-ethyl adjacent to an activating group) is 1. The van der Waals surface area contributed by atoms with Crippen molar-refractivity contribution in [1.29, 1.82) is 0 Å². The standard InChI is InChI=1S/C19H25NO/c1-3-13-21-19-12-8-7-11-17(19)14-18(15-20-2)16-9-5-4-6-10-16/h4-12,18,20H,3,13-15H2,1-2H3. The Morgan fingerprint density at radius 1 is 1.00 bits per heavy atom. The first kappa shape index (κ1) is 15.6. The summed E-state index contributed by atoms with van der Waals surface area (Å²) in [6.45, 7) is 3.88. The Labute approximate surface area is 128 Å². The summed E-state index contributed by atoms with van der Waals surface area (Å²) in [5.41, 5.74) is 2.66. The van der Waals surface area contributed by atoms with Crippen LogP contribution in [0, 0.1) is 0 Å². The summed E-state index contributed by atoms with van der Waals surface area (Å²) in [6, 6.07) is 19.1. The summed E-state index contributed by atoms with van der Waals surface area (Å²) in [6.07, 6.45) is 2.03. The Morgan fingerprint density at radius 2 is 1.71 bits per heavy atom. The van der Waals surface area contributed by atoms with Gasteiger partial charge in [0.2, 0.25) is 0 Å². The lowest BCUT2D eigenvalue weighted by Crippen LogP contribution is -2.19. The second kappa shape index (κ2) is 8.48. The van der Waals surface area contributed by atoms with Crippen molar-refractivity contribution in [2.24, 2.45) is 0 Å². The lowest BCUT2D eigenvalue weighted by Gasteiger charge is -2.19. The van der Waals surface area contributed by atoms with E-state index in [1.807, 2.05) is 13.1 Å². The molecule has 1 unspecified atom stereocenters. The van der Waals surface area contributed by atoms with Crippen LogP contribution < -0.4 is 10.1 Å². The lowest BCUT2D eigenvalue weighted by molar-refractivity contribution is 0.313. The molecule has 0 fully saturated rings. The van der Waals surface area contributed by atoms with Crippen molar-refractivity contribution in [2.45, 2.75) is 25.7 Å². The number of hydrogen-bond acceptors (Lipinski definition) is 2.